The quantitative estimate of drug-likeness (QED) is 0.617. The average Bonchev–Trinajstić information content (AvgIpc) is 2.80. The number of furan rings is 1. The van der Waals surface area contributed by atoms with Gasteiger partial charge in [-0.3, -0.25) is 9.59 Å². The number of aliphatic imine (C=N–C) groups is 1. The Labute approximate surface area is 111 Å². The second kappa shape index (κ2) is 5.18. The van der Waals surface area contributed by atoms with Crippen molar-refractivity contribution in [3.8, 4) is 0 Å². The molecule has 0 N–H and O–H groups in total. The van der Waals surface area contributed by atoms with E-state index in [9.17, 15) is 9.59 Å². The van der Waals surface area contributed by atoms with Gasteiger partial charge >= 0.3 is 0 Å². The third-order valence-electron chi connectivity index (χ3n) is 2.94. The zero-order valence-electron chi connectivity index (χ0n) is 11.2. The fraction of sp³-hybridized carbons (Fsp3) is 0.267. The van der Waals surface area contributed by atoms with Crippen LogP contribution in [0.2, 0.25) is 0 Å². The van der Waals surface area contributed by atoms with Gasteiger partial charge < -0.3 is 4.42 Å². The second-order valence-electron chi connectivity index (χ2n) is 4.66. The third kappa shape index (κ3) is 2.78. The van der Waals surface area contributed by atoms with E-state index in [0.717, 1.165) is 11.3 Å². The van der Waals surface area contributed by atoms with Crippen LogP contribution in [0.15, 0.2) is 44.5 Å². The summed E-state index contributed by atoms with van der Waals surface area (Å²) in [4.78, 5) is 28.0. The van der Waals surface area contributed by atoms with Gasteiger partial charge in [0.25, 0.3) is 5.91 Å². The van der Waals surface area contributed by atoms with E-state index >= 15 is 0 Å². The van der Waals surface area contributed by atoms with Crippen molar-refractivity contribution in [2.45, 2.75) is 27.2 Å². The maximum atomic E-state index is 12.3. The molecule has 0 aliphatic carbocycles. The number of allylic oxidation sites excluding steroid dienone is 2. The molecule has 0 aromatic carbocycles. The highest BCUT2D eigenvalue weighted by Gasteiger charge is 2.25. The standard InChI is InChI=1S/C15H15NO3/c1-9-7-11(3)16-15(18)13(9)14(17)10(2)8-12-5-4-6-19-12/h4-6,8H,7H2,1-3H3/b10-8+. The first-order valence-electron chi connectivity index (χ1n) is 6.04. The Bertz CT molecular complexity index is 616. The van der Waals surface area contributed by atoms with Crippen molar-refractivity contribution in [3.05, 3.63) is 40.9 Å². The predicted molar refractivity (Wildman–Crippen MR) is 72.8 cm³/mol. The molecule has 0 saturated carbocycles. The first-order chi connectivity index (χ1) is 8.99. The second-order valence-corrected chi connectivity index (χ2v) is 4.66. The first-order valence-corrected chi connectivity index (χ1v) is 6.04. The molecule has 0 unspecified atom stereocenters. The van der Waals surface area contributed by atoms with Crippen LogP contribution >= 0.6 is 0 Å². The number of rotatable bonds is 3. The topological polar surface area (TPSA) is 59.6 Å². The van der Waals surface area contributed by atoms with Crippen molar-refractivity contribution in [2.75, 3.05) is 0 Å². The van der Waals surface area contributed by atoms with Crippen LogP contribution in [0.5, 0.6) is 0 Å². The van der Waals surface area contributed by atoms with E-state index in [2.05, 4.69) is 4.99 Å². The Balaban J connectivity index is 2.30. The zero-order valence-corrected chi connectivity index (χ0v) is 11.2. The number of amides is 1. The van der Waals surface area contributed by atoms with E-state index in [1.165, 1.54) is 6.26 Å². The van der Waals surface area contributed by atoms with Crippen molar-refractivity contribution in [1.29, 1.82) is 0 Å². The number of hydrogen-bond donors (Lipinski definition) is 0. The summed E-state index contributed by atoms with van der Waals surface area (Å²) in [5, 5.41) is 0. The van der Waals surface area contributed by atoms with E-state index in [-0.39, 0.29) is 11.4 Å². The number of carbonyl (C=O) groups is 2. The molecule has 0 saturated heterocycles. The molecule has 1 aliphatic rings. The van der Waals surface area contributed by atoms with Crippen molar-refractivity contribution < 1.29 is 14.0 Å². The summed E-state index contributed by atoms with van der Waals surface area (Å²) >= 11 is 0. The van der Waals surface area contributed by atoms with Gasteiger partial charge in [0.05, 0.1) is 11.8 Å². The van der Waals surface area contributed by atoms with Gasteiger partial charge in [-0.15, -0.1) is 0 Å². The van der Waals surface area contributed by atoms with Gasteiger partial charge in [-0.2, -0.15) is 0 Å². The summed E-state index contributed by atoms with van der Waals surface area (Å²) in [6, 6.07) is 3.50. The van der Waals surface area contributed by atoms with Crippen LogP contribution in [0, 0.1) is 0 Å². The molecular formula is C15H15NO3. The predicted octanol–water partition coefficient (Wildman–Crippen LogP) is 2.96. The van der Waals surface area contributed by atoms with Crippen LogP contribution in [0.25, 0.3) is 6.08 Å². The molecule has 1 aromatic heterocycles. The Morgan fingerprint density at radius 2 is 2.16 bits per heavy atom. The van der Waals surface area contributed by atoms with Crippen LogP contribution in [-0.4, -0.2) is 17.4 Å². The molecule has 0 radical (unpaired) electrons. The number of hydrogen-bond acceptors (Lipinski definition) is 3. The van der Waals surface area contributed by atoms with Gasteiger partial charge in [-0.05, 0) is 39.0 Å². The average molecular weight is 257 g/mol. The molecule has 0 bridgehead atoms. The summed E-state index contributed by atoms with van der Waals surface area (Å²) in [6.45, 7) is 5.25. The minimum Gasteiger partial charge on any atom is -0.465 e. The largest absolute Gasteiger partial charge is 0.465 e. The van der Waals surface area contributed by atoms with Crippen LogP contribution in [-0.2, 0) is 9.59 Å². The SMILES string of the molecule is CC1=NC(=O)C(C(=O)/C(C)=C/c2ccco2)=C(C)C1. The summed E-state index contributed by atoms with van der Waals surface area (Å²) in [5.74, 6) is -0.138. The lowest BCUT2D eigenvalue weighted by molar-refractivity contribution is -0.119. The molecular weight excluding hydrogens is 242 g/mol. The van der Waals surface area contributed by atoms with Gasteiger partial charge in [-0.1, -0.05) is 5.57 Å². The van der Waals surface area contributed by atoms with Gasteiger partial charge in [-0.25, -0.2) is 4.99 Å². The first kappa shape index (κ1) is 13.2. The highest BCUT2D eigenvalue weighted by Crippen LogP contribution is 2.21. The highest BCUT2D eigenvalue weighted by atomic mass is 16.3. The molecule has 4 nitrogen and oxygen atoms in total. The minimum atomic E-state index is -0.446. The summed E-state index contributed by atoms with van der Waals surface area (Å²) in [6.07, 6.45) is 3.73. The fourth-order valence-corrected chi connectivity index (χ4v) is 2.06. The number of nitrogens with zero attached hydrogens (tertiary/aromatic N) is 1. The molecule has 19 heavy (non-hydrogen) atoms. The number of carbonyl (C=O) groups excluding carboxylic acids is 2. The maximum absolute atomic E-state index is 12.3. The summed E-state index contributed by atoms with van der Waals surface area (Å²) in [5.41, 5.74) is 2.17. The molecule has 0 spiro atoms. The van der Waals surface area contributed by atoms with Crippen LogP contribution in [0.3, 0.4) is 0 Å². The molecule has 1 aliphatic heterocycles. The van der Waals surface area contributed by atoms with Crippen molar-refractivity contribution >= 4 is 23.5 Å². The Hall–Kier alpha value is -2.23. The maximum Gasteiger partial charge on any atom is 0.280 e. The van der Waals surface area contributed by atoms with Crippen LogP contribution in [0.1, 0.15) is 33.0 Å². The summed E-state index contributed by atoms with van der Waals surface area (Å²) in [7, 11) is 0. The van der Waals surface area contributed by atoms with E-state index in [0.29, 0.717) is 17.8 Å². The Morgan fingerprint density at radius 1 is 1.42 bits per heavy atom. The van der Waals surface area contributed by atoms with Crippen molar-refractivity contribution in [2.24, 2.45) is 4.99 Å². The molecule has 0 atom stereocenters. The van der Waals surface area contributed by atoms with Crippen LogP contribution in [0.4, 0.5) is 0 Å². The van der Waals surface area contributed by atoms with Gasteiger partial charge in [0.1, 0.15) is 5.76 Å². The molecule has 98 valence electrons. The van der Waals surface area contributed by atoms with E-state index in [4.69, 9.17) is 4.42 Å². The minimum absolute atomic E-state index is 0.186. The smallest absolute Gasteiger partial charge is 0.280 e. The molecule has 1 amide bonds. The number of Topliss-reactive ketones (excluding diaryl/α,β-unsaturated/α-hetero) is 1. The molecule has 2 heterocycles. The van der Waals surface area contributed by atoms with Crippen LogP contribution < -0.4 is 0 Å². The summed E-state index contributed by atoms with van der Waals surface area (Å²) < 4.78 is 5.16. The molecule has 0 fully saturated rings. The monoisotopic (exact) mass is 257 g/mol. The van der Waals surface area contributed by atoms with Gasteiger partial charge in [0, 0.05) is 17.7 Å². The third-order valence-corrected chi connectivity index (χ3v) is 2.94. The van der Waals surface area contributed by atoms with Crippen molar-refractivity contribution in [1.82, 2.24) is 0 Å². The van der Waals surface area contributed by atoms with Crippen molar-refractivity contribution in [3.63, 3.8) is 0 Å². The number of ketones is 1. The van der Waals surface area contributed by atoms with E-state index in [1.807, 2.05) is 0 Å². The molecule has 2 rings (SSSR count). The Kier molecular flexibility index (Phi) is 3.60. The van der Waals surface area contributed by atoms with Gasteiger partial charge in [0.2, 0.25) is 0 Å². The lowest BCUT2D eigenvalue weighted by atomic mass is 9.94. The lowest BCUT2D eigenvalue weighted by Gasteiger charge is -2.13. The van der Waals surface area contributed by atoms with E-state index < -0.39 is 5.91 Å². The number of dihydropyridines is 1. The zero-order chi connectivity index (χ0) is 14.0. The highest BCUT2D eigenvalue weighted by molar-refractivity contribution is 6.29. The fourth-order valence-electron chi connectivity index (χ4n) is 2.06. The van der Waals surface area contributed by atoms with Gasteiger partial charge in [0.15, 0.2) is 5.78 Å². The van der Waals surface area contributed by atoms with E-state index in [1.54, 1.807) is 39.0 Å². The molecule has 4 heteroatoms. The molecule has 1 aromatic rings. The Morgan fingerprint density at radius 3 is 2.74 bits per heavy atom. The lowest BCUT2D eigenvalue weighted by Crippen LogP contribution is -2.20. The normalized spacial score (nSPS) is 16.7.